The maximum atomic E-state index is 12.7. The SMILES string of the molecule is CC(=O)O[C@H]1CC[C@H]2C(=O)O[C@H]3C[C@]4(C)O[C@H](C5=C[C@@H](O)OC5=O)C[C@]4(C)[C@@H]1[C@]32C. The summed E-state index contributed by atoms with van der Waals surface area (Å²) in [6, 6.07) is 0. The summed E-state index contributed by atoms with van der Waals surface area (Å²) in [6.45, 7) is 7.59. The quantitative estimate of drug-likeness (QED) is 0.531. The summed E-state index contributed by atoms with van der Waals surface area (Å²) in [4.78, 5) is 36.9. The largest absolute Gasteiger partial charge is 0.462 e. The Bertz CT molecular complexity index is 865. The van der Waals surface area contributed by atoms with Crippen molar-refractivity contribution in [1.29, 1.82) is 0 Å². The Morgan fingerprint density at radius 1 is 1.17 bits per heavy atom. The van der Waals surface area contributed by atoms with Gasteiger partial charge in [-0.25, -0.2) is 4.79 Å². The van der Waals surface area contributed by atoms with E-state index in [0.29, 0.717) is 31.3 Å². The summed E-state index contributed by atoms with van der Waals surface area (Å²) in [5, 5.41) is 9.71. The molecule has 0 radical (unpaired) electrons. The Balaban J connectivity index is 1.59. The highest BCUT2D eigenvalue weighted by Crippen LogP contribution is 2.71. The van der Waals surface area contributed by atoms with E-state index < -0.39 is 34.8 Å². The van der Waals surface area contributed by atoms with Crippen molar-refractivity contribution in [2.45, 2.75) is 83.6 Å². The molecule has 3 aliphatic heterocycles. The minimum atomic E-state index is -1.26. The van der Waals surface area contributed by atoms with Gasteiger partial charge >= 0.3 is 17.9 Å². The highest BCUT2D eigenvalue weighted by atomic mass is 16.6. The smallest absolute Gasteiger partial charge is 0.339 e. The third-order valence-corrected chi connectivity index (χ3v) is 8.70. The molecule has 5 rings (SSSR count). The van der Waals surface area contributed by atoms with Gasteiger partial charge in [-0.05, 0) is 32.3 Å². The van der Waals surface area contributed by atoms with E-state index >= 15 is 0 Å². The van der Waals surface area contributed by atoms with Crippen LogP contribution in [0.1, 0.15) is 53.4 Å². The standard InChI is InChI=1S/C22H28O8/c1-10(23)27-13-6-5-12-19(26)28-15-9-21(3)20(2,17(13)22(12,15)4)8-14(30-21)11-7-16(24)29-18(11)25/h7,12-17,24H,5-6,8-9H2,1-4H3/t12-,13-,14-,15-,16-,17+,20+,21-,22-/m0/s1. The van der Waals surface area contributed by atoms with Crippen LogP contribution in [-0.2, 0) is 33.3 Å². The van der Waals surface area contributed by atoms with Crippen LogP contribution in [0.25, 0.3) is 0 Å². The summed E-state index contributed by atoms with van der Waals surface area (Å²) < 4.78 is 23.0. The minimum absolute atomic E-state index is 0.171. The number of ether oxygens (including phenoxy) is 4. The first-order valence-corrected chi connectivity index (χ1v) is 10.7. The number of fused-ring (bicyclic) bond motifs is 2. The van der Waals surface area contributed by atoms with E-state index in [2.05, 4.69) is 13.8 Å². The Hall–Kier alpha value is -1.93. The highest BCUT2D eigenvalue weighted by molar-refractivity contribution is 5.92. The number of hydrogen-bond donors (Lipinski definition) is 1. The molecule has 4 fully saturated rings. The van der Waals surface area contributed by atoms with Crippen LogP contribution in [0.4, 0.5) is 0 Å². The van der Waals surface area contributed by atoms with E-state index in [0.717, 1.165) is 0 Å². The van der Waals surface area contributed by atoms with E-state index in [1.807, 2.05) is 6.92 Å². The highest BCUT2D eigenvalue weighted by Gasteiger charge is 2.76. The van der Waals surface area contributed by atoms with Gasteiger partial charge in [-0.2, -0.15) is 0 Å². The molecule has 30 heavy (non-hydrogen) atoms. The number of hydrogen-bond acceptors (Lipinski definition) is 8. The first kappa shape index (κ1) is 20.0. The Morgan fingerprint density at radius 3 is 2.53 bits per heavy atom. The van der Waals surface area contributed by atoms with Gasteiger partial charge < -0.3 is 24.1 Å². The maximum Gasteiger partial charge on any atom is 0.339 e. The molecular weight excluding hydrogens is 392 g/mol. The van der Waals surface area contributed by atoms with Gasteiger partial charge in [0.05, 0.1) is 23.2 Å². The van der Waals surface area contributed by atoms with E-state index in [1.165, 1.54) is 13.0 Å². The number of aliphatic hydroxyl groups excluding tert-OH is 1. The monoisotopic (exact) mass is 420 g/mol. The van der Waals surface area contributed by atoms with E-state index in [-0.39, 0.29) is 36.0 Å². The van der Waals surface area contributed by atoms with Crippen molar-refractivity contribution in [3.05, 3.63) is 11.6 Å². The molecule has 8 nitrogen and oxygen atoms in total. The fraction of sp³-hybridized carbons (Fsp3) is 0.773. The topological polar surface area (TPSA) is 108 Å². The number of cyclic esters (lactones) is 1. The van der Waals surface area contributed by atoms with Crippen LogP contribution in [0.3, 0.4) is 0 Å². The summed E-state index contributed by atoms with van der Waals surface area (Å²) in [7, 11) is 0. The lowest BCUT2D eigenvalue weighted by Gasteiger charge is -2.61. The average Bonchev–Trinajstić information content (AvgIpc) is 3.18. The molecule has 8 heteroatoms. The molecule has 0 amide bonds. The number of esters is 3. The first-order valence-electron chi connectivity index (χ1n) is 10.7. The molecule has 0 aromatic heterocycles. The van der Waals surface area contributed by atoms with Crippen LogP contribution in [0.15, 0.2) is 11.6 Å². The van der Waals surface area contributed by atoms with Crippen molar-refractivity contribution in [1.82, 2.24) is 0 Å². The fourth-order valence-corrected chi connectivity index (χ4v) is 7.30. The lowest BCUT2D eigenvalue weighted by Crippen LogP contribution is -2.66. The predicted octanol–water partition coefficient (Wildman–Crippen LogP) is 1.64. The van der Waals surface area contributed by atoms with Gasteiger partial charge in [-0.3, -0.25) is 9.59 Å². The van der Waals surface area contributed by atoms with Gasteiger partial charge in [0.2, 0.25) is 6.29 Å². The van der Waals surface area contributed by atoms with Crippen molar-refractivity contribution in [3.8, 4) is 0 Å². The second-order valence-corrected chi connectivity index (χ2v) is 10.1. The summed E-state index contributed by atoms with van der Waals surface area (Å²) in [5.74, 6) is -1.51. The van der Waals surface area contributed by atoms with Crippen LogP contribution in [0, 0.1) is 22.7 Å². The van der Waals surface area contributed by atoms with Gasteiger partial charge in [0, 0.05) is 30.1 Å². The molecule has 0 unspecified atom stereocenters. The molecule has 0 aromatic rings. The third-order valence-electron chi connectivity index (χ3n) is 8.70. The molecule has 2 aliphatic carbocycles. The van der Waals surface area contributed by atoms with Crippen LogP contribution in [0.5, 0.6) is 0 Å². The molecule has 0 aromatic carbocycles. The zero-order valence-electron chi connectivity index (χ0n) is 17.7. The van der Waals surface area contributed by atoms with Crippen LogP contribution in [-0.4, -0.2) is 53.2 Å². The summed E-state index contributed by atoms with van der Waals surface area (Å²) in [5.41, 5.74) is -1.34. The molecule has 3 heterocycles. The Labute approximate surface area is 174 Å². The number of carbonyl (C=O) groups is 3. The Kier molecular flexibility index (Phi) is 4.04. The summed E-state index contributed by atoms with van der Waals surface area (Å²) >= 11 is 0. The predicted molar refractivity (Wildman–Crippen MR) is 101 cm³/mol. The molecule has 2 saturated carbocycles. The Morgan fingerprint density at radius 2 is 1.90 bits per heavy atom. The molecule has 2 saturated heterocycles. The molecule has 9 atom stereocenters. The van der Waals surface area contributed by atoms with Gasteiger partial charge in [0.25, 0.3) is 0 Å². The fourth-order valence-electron chi connectivity index (χ4n) is 7.30. The molecule has 5 aliphatic rings. The van der Waals surface area contributed by atoms with Crippen molar-refractivity contribution in [3.63, 3.8) is 0 Å². The first-order chi connectivity index (χ1) is 14.0. The van der Waals surface area contributed by atoms with Crippen molar-refractivity contribution < 1.29 is 38.4 Å². The van der Waals surface area contributed by atoms with Gasteiger partial charge in [-0.1, -0.05) is 13.8 Å². The summed E-state index contributed by atoms with van der Waals surface area (Å²) in [6.07, 6.45) is 1.12. The van der Waals surface area contributed by atoms with E-state index in [9.17, 15) is 19.5 Å². The van der Waals surface area contributed by atoms with Crippen molar-refractivity contribution in [2.75, 3.05) is 0 Å². The van der Waals surface area contributed by atoms with Crippen LogP contribution < -0.4 is 0 Å². The van der Waals surface area contributed by atoms with E-state index in [4.69, 9.17) is 18.9 Å². The molecule has 0 spiro atoms. The zero-order valence-corrected chi connectivity index (χ0v) is 17.7. The molecular formula is C22H28O8. The van der Waals surface area contributed by atoms with Crippen LogP contribution >= 0.6 is 0 Å². The molecule has 1 N–H and O–H groups in total. The number of carbonyl (C=O) groups excluding carboxylic acids is 3. The average molecular weight is 420 g/mol. The lowest BCUT2D eigenvalue weighted by atomic mass is 9.43. The normalized spacial score (nSPS) is 51.6. The second-order valence-electron chi connectivity index (χ2n) is 10.1. The van der Waals surface area contributed by atoms with Crippen molar-refractivity contribution in [2.24, 2.45) is 22.7 Å². The van der Waals surface area contributed by atoms with E-state index in [1.54, 1.807) is 0 Å². The number of aliphatic hydroxyl groups is 1. The number of rotatable bonds is 2. The third kappa shape index (κ3) is 2.37. The van der Waals surface area contributed by atoms with Gasteiger partial charge in [-0.15, -0.1) is 0 Å². The van der Waals surface area contributed by atoms with Crippen molar-refractivity contribution >= 4 is 17.9 Å². The van der Waals surface area contributed by atoms with Gasteiger partial charge in [0.1, 0.15) is 12.2 Å². The zero-order chi connectivity index (χ0) is 21.6. The van der Waals surface area contributed by atoms with Crippen LogP contribution in [0.2, 0.25) is 0 Å². The second kappa shape index (κ2) is 6.07. The molecule has 164 valence electrons. The lowest BCUT2D eigenvalue weighted by molar-refractivity contribution is -0.228. The molecule has 0 bridgehead atoms. The maximum absolute atomic E-state index is 12.7. The minimum Gasteiger partial charge on any atom is -0.462 e. The van der Waals surface area contributed by atoms with Gasteiger partial charge in [0.15, 0.2) is 0 Å².